The SMILES string of the molecule is CC1=NOC(=O)/C1=C\c1cc(Br)c(OCc2ccccc2Cl)c(Br)c1. The summed E-state index contributed by atoms with van der Waals surface area (Å²) in [5.41, 5.74) is 2.70. The monoisotopic (exact) mass is 483 g/mol. The molecule has 3 rings (SSSR count). The number of benzene rings is 2. The molecule has 0 spiro atoms. The lowest BCUT2D eigenvalue weighted by atomic mass is 10.1. The summed E-state index contributed by atoms with van der Waals surface area (Å²) in [5, 5.41) is 4.32. The molecule has 0 saturated carbocycles. The number of halogens is 3. The summed E-state index contributed by atoms with van der Waals surface area (Å²) in [6.07, 6.45) is 1.72. The molecule has 0 aromatic heterocycles. The zero-order valence-electron chi connectivity index (χ0n) is 13.1. The Kier molecular flexibility index (Phi) is 5.61. The number of hydrogen-bond donors (Lipinski definition) is 0. The molecule has 4 nitrogen and oxygen atoms in total. The van der Waals surface area contributed by atoms with Gasteiger partial charge in [-0.25, -0.2) is 4.79 Å². The van der Waals surface area contributed by atoms with Gasteiger partial charge in [0, 0.05) is 10.6 Å². The normalized spacial score (nSPS) is 15.3. The summed E-state index contributed by atoms with van der Waals surface area (Å²) in [6.45, 7) is 2.07. The van der Waals surface area contributed by atoms with Crippen molar-refractivity contribution in [2.24, 2.45) is 5.16 Å². The van der Waals surface area contributed by atoms with E-state index in [2.05, 4.69) is 41.9 Å². The number of hydrogen-bond acceptors (Lipinski definition) is 4. The van der Waals surface area contributed by atoms with E-state index in [0.29, 0.717) is 28.7 Å². The molecule has 2 aromatic rings. The molecule has 0 fully saturated rings. The minimum atomic E-state index is -0.455. The van der Waals surface area contributed by atoms with Gasteiger partial charge < -0.3 is 9.57 Å². The second kappa shape index (κ2) is 7.72. The topological polar surface area (TPSA) is 47.9 Å². The van der Waals surface area contributed by atoms with Crippen molar-refractivity contribution < 1.29 is 14.4 Å². The Balaban J connectivity index is 1.84. The summed E-state index contributed by atoms with van der Waals surface area (Å²) in [4.78, 5) is 16.3. The minimum absolute atomic E-state index is 0.343. The molecule has 0 aliphatic carbocycles. The highest BCUT2D eigenvalue weighted by atomic mass is 79.9. The molecule has 1 heterocycles. The van der Waals surface area contributed by atoms with Crippen LogP contribution in [0.4, 0.5) is 0 Å². The van der Waals surface area contributed by atoms with Crippen LogP contribution in [-0.2, 0) is 16.2 Å². The average Bonchev–Trinajstić information content (AvgIpc) is 2.87. The van der Waals surface area contributed by atoms with E-state index < -0.39 is 5.97 Å². The smallest absolute Gasteiger partial charge is 0.367 e. The molecular formula is C18H12Br2ClNO3. The fraction of sp³-hybridized carbons (Fsp3) is 0.111. The van der Waals surface area contributed by atoms with Crippen LogP contribution in [0.25, 0.3) is 6.08 Å². The molecule has 0 amide bonds. The van der Waals surface area contributed by atoms with Crippen LogP contribution in [0.15, 0.2) is 56.1 Å². The fourth-order valence-corrected chi connectivity index (χ4v) is 3.89. The van der Waals surface area contributed by atoms with Crippen molar-refractivity contribution in [1.29, 1.82) is 0 Å². The minimum Gasteiger partial charge on any atom is -0.486 e. The van der Waals surface area contributed by atoms with Crippen molar-refractivity contribution in [3.63, 3.8) is 0 Å². The van der Waals surface area contributed by atoms with Crippen molar-refractivity contribution in [3.05, 3.63) is 67.1 Å². The van der Waals surface area contributed by atoms with Gasteiger partial charge in [-0.2, -0.15) is 0 Å². The Labute approximate surface area is 166 Å². The maximum Gasteiger partial charge on any atom is 0.367 e. The van der Waals surface area contributed by atoms with Crippen LogP contribution in [0.5, 0.6) is 5.75 Å². The predicted molar refractivity (Wildman–Crippen MR) is 105 cm³/mol. The van der Waals surface area contributed by atoms with Gasteiger partial charge in [0.25, 0.3) is 0 Å². The van der Waals surface area contributed by atoms with Crippen molar-refractivity contribution in [3.8, 4) is 5.75 Å². The summed E-state index contributed by atoms with van der Waals surface area (Å²) in [7, 11) is 0. The van der Waals surface area contributed by atoms with E-state index in [-0.39, 0.29) is 0 Å². The number of ether oxygens (including phenoxy) is 1. The van der Waals surface area contributed by atoms with E-state index in [9.17, 15) is 4.79 Å². The Bertz CT molecular complexity index is 886. The lowest BCUT2D eigenvalue weighted by Gasteiger charge is -2.12. The summed E-state index contributed by atoms with van der Waals surface area (Å²) < 4.78 is 7.39. The van der Waals surface area contributed by atoms with Crippen LogP contribution in [-0.4, -0.2) is 11.7 Å². The van der Waals surface area contributed by atoms with Gasteiger partial charge >= 0.3 is 5.97 Å². The van der Waals surface area contributed by atoms with Crippen LogP contribution in [0.3, 0.4) is 0 Å². The molecule has 7 heteroatoms. The second-order valence-corrected chi connectivity index (χ2v) is 7.42. The second-order valence-electron chi connectivity index (χ2n) is 5.31. The summed E-state index contributed by atoms with van der Waals surface area (Å²) in [5.74, 6) is 0.199. The Morgan fingerprint density at radius 2 is 1.92 bits per heavy atom. The molecule has 1 aliphatic heterocycles. The number of carbonyl (C=O) groups is 1. The van der Waals surface area contributed by atoms with Crippen LogP contribution in [0.1, 0.15) is 18.1 Å². The average molecular weight is 486 g/mol. The van der Waals surface area contributed by atoms with Crippen molar-refractivity contribution in [2.75, 3.05) is 0 Å². The molecule has 0 radical (unpaired) electrons. The van der Waals surface area contributed by atoms with Crippen molar-refractivity contribution in [2.45, 2.75) is 13.5 Å². The maximum absolute atomic E-state index is 11.7. The van der Waals surface area contributed by atoms with E-state index in [1.807, 2.05) is 36.4 Å². The number of rotatable bonds is 4. The highest BCUT2D eigenvalue weighted by Gasteiger charge is 2.22. The molecule has 0 bridgehead atoms. The first kappa shape index (κ1) is 18.2. The van der Waals surface area contributed by atoms with Crippen LogP contribution < -0.4 is 4.74 Å². The molecule has 128 valence electrons. The molecule has 0 atom stereocenters. The molecule has 0 N–H and O–H groups in total. The van der Waals surface area contributed by atoms with Crippen LogP contribution in [0.2, 0.25) is 5.02 Å². The van der Waals surface area contributed by atoms with Gasteiger partial charge in [0.2, 0.25) is 0 Å². The molecule has 0 saturated heterocycles. The van der Waals surface area contributed by atoms with Crippen molar-refractivity contribution >= 4 is 61.2 Å². The highest BCUT2D eigenvalue weighted by molar-refractivity contribution is 9.11. The zero-order chi connectivity index (χ0) is 18.0. The quantitative estimate of drug-likeness (QED) is 0.409. The van der Waals surface area contributed by atoms with Gasteiger partial charge in [-0.3, -0.25) is 0 Å². The largest absolute Gasteiger partial charge is 0.486 e. The third-order valence-electron chi connectivity index (χ3n) is 3.54. The van der Waals surface area contributed by atoms with E-state index >= 15 is 0 Å². The lowest BCUT2D eigenvalue weighted by Crippen LogP contribution is -2.02. The van der Waals surface area contributed by atoms with Gasteiger partial charge in [-0.1, -0.05) is 35.0 Å². The van der Waals surface area contributed by atoms with E-state index in [0.717, 1.165) is 20.1 Å². The lowest BCUT2D eigenvalue weighted by molar-refractivity contribution is -0.136. The molecule has 1 aliphatic rings. The number of carbonyl (C=O) groups excluding carboxylic acids is 1. The van der Waals surface area contributed by atoms with Gasteiger partial charge in [-0.05, 0) is 68.6 Å². The molecule has 0 unspecified atom stereocenters. The Morgan fingerprint density at radius 3 is 2.52 bits per heavy atom. The van der Waals surface area contributed by atoms with Crippen molar-refractivity contribution in [1.82, 2.24) is 0 Å². The highest BCUT2D eigenvalue weighted by Crippen LogP contribution is 2.36. The number of oxime groups is 1. The first-order chi connectivity index (χ1) is 12.0. The van der Waals surface area contributed by atoms with E-state index in [4.69, 9.17) is 16.3 Å². The third-order valence-corrected chi connectivity index (χ3v) is 5.08. The predicted octanol–water partition coefficient (Wildman–Crippen LogP) is 5.76. The number of nitrogens with zero attached hydrogens (tertiary/aromatic N) is 1. The van der Waals surface area contributed by atoms with Crippen LogP contribution >= 0.6 is 43.5 Å². The maximum atomic E-state index is 11.7. The third kappa shape index (κ3) is 4.14. The standard InChI is InChI=1S/C18H12Br2ClNO3/c1-10-13(18(23)25-22-10)6-11-7-14(19)17(15(20)8-11)24-9-12-4-2-3-5-16(12)21/h2-8H,9H2,1H3/b13-6-. The molecule has 25 heavy (non-hydrogen) atoms. The van der Waals surface area contributed by atoms with Gasteiger partial charge in [0.05, 0.1) is 20.2 Å². The van der Waals surface area contributed by atoms with E-state index in [1.54, 1.807) is 13.0 Å². The summed E-state index contributed by atoms with van der Waals surface area (Å²) in [6, 6.07) is 11.2. The summed E-state index contributed by atoms with van der Waals surface area (Å²) >= 11 is 13.2. The van der Waals surface area contributed by atoms with Gasteiger partial charge in [0.15, 0.2) is 0 Å². The van der Waals surface area contributed by atoms with Gasteiger partial charge in [0.1, 0.15) is 12.4 Å². The Hall–Kier alpha value is -1.63. The first-order valence-electron chi connectivity index (χ1n) is 7.29. The molecular weight excluding hydrogens is 473 g/mol. The fourth-order valence-electron chi connectivity index (χ4n) is 2.25. The van der Waals surface area contributed by atoms with Gasteiger partial charge in [-0.15, -0.1) is 0 Å². The molecule has 2 aromatic carbocycles. The van der Waals surface area contributed by atoms with Crippen LogP contribution in [0, 0.1) is 0 Å². The first-order valence-corrected chi connectivity index (χ1v) is 9.25. The zero-order valence-corrected chi connectivity index (χ0v) is 17.0. The van der Waals surface area contributed by atoms with E-state index in [1.165, 1.54) is 0 Å². The Morgan fingerprint density at radius 1 is 1.24 bits per heavy atom.